The molecule has 108 valence electrons. The zero-order valence-corrected chi connectivity index (χ0v) is 13.2. The van der Waals surface area contributed by atoms with Gasteiger partial charge in [0.1, 0.15) is 5.92 Å². The van der Waals surface area contributed by atoms with E-state index in [0.29, 0.717) is 15.6 Å². The van der Waals surface area contributed by atoms with E-state index in [4.69, 9.17) is 4.74 Å². The number of hydrogen-bond acceptors (Lipinski definition) is 3. The Bertz CT molecular complexity index is 637. The fraction of sp³-hybridized carbons (Fsp3) is 0.176. The van der Waals surface area contributed by atoms with E-state index in [0.717, 1.165) is 0 Å². The van der Waals surface area contributed by atoms with Gasteiger partial charge in [-0.25, -0.2) is 0 Å². The van der Waals surface area contributed by atoms with Gasteiger partial charge in [0.15, 0.2) is 5.78 Å². The summed E-state index contributed by atoms with van der Waals surface area (Å²) >= 11 is 3.40. The number of benzene rings is 2. The number of halogens is 1. The molecule has 1 unspecified atom stereocenters. The van der Waals surface area contributed by atoms with Crippen molar-refractivity contribution in [1.82, 2.24) is 0 Å². The van der Waals surface area contributed by atoms with Gasteiger partial charge in [-0.1, -0.05) is 64.5 Å². The highest BCUT2D eigenvalue weighted by Gasteiger charge is 2.31. The van der Waals surface area contributed by atoms with Crippen molar-refractivity contribution in [1.29, 1.82) is 0 Å². The summed E-state index contributed by atoms with van der Waals surface area (Å²) in [7, 11) is 0. The lowest BCUT2D eigenvalue weighted by Crippen LogP contribution is -2.24. The lowest BCUT2D eigenvalue weighted by molar-refractivity contribution is -0.143. The fourth-order valence-electron chi connectivity index (χ4n) is 2.08. The van der Waals surface area contributed by atoms with Crippen molar-refractivity contribution in [2.45, 2.75) is 12.8 Å². The summed E-state index contributed by atoms with van der Waals surface area (Å²) in [6.45, 7) is 1.96. The van der Waals surface area contributed by atoms with E-state index < -0.39 is 11.9 Å². The Kier molecular flexibility index (Phi) is 5.28. The highest BCUT2D eigenvalue weighted by atomic mass is 79.9. The first kappa shape index (κ1) is 15.4. The quantitative estimate of drug-likeness (QED) is 0.467. The van der Waals surface area contributed by atoms with Gasteiger partial charge in [-0.15, -0.1) is 0 Å². The number of esters is 1. The van der Waals surface area contributed by atoms with Crippen LogP contribution in [0, 0.1) is 0 Å². The molecule has 1 atom stereocenters. The average Bonchev–Trinajstić information content (AvgIpc) is 2.50. The molecule has 0 heterocycles. The lowest BCUT2D eigenvalue weighted by Gasteiger charge is -2.16. The van der Waals surface area contributed by atoms with E-state index in [1.165, 1.54) is 0 Å². The first-order valence-electron chi connectivity index (χ1n) is 6.65. The largest absolute Gasteiger partial charge is 0.465 e. The van der Waals surface area contributed by atoms with E-state index in [1.807, 2.05) is 12.1 Å². The standard InChI is InChI=1S/C17H15BrO3/c1-2-21-17(20)15(13-10-6-7-11-14(13)18)16(19)12-8-4-3-5-9-12/h3-11,15H,2H2,1H3. The molecule has 0 aliphatic carbocycles. The zero-order valence-electron chi connectivity index (χ0n) is 11.6. The van der Waals surface area contributed by atoms with E-state index in [9.17, 15) is 9.59 Å². The summed E-state index contributed by atoms with van der Waals surface area (Å²) in [4.78, 5) is 24.9. The van der Waals surface area contributed by atoms with Gasteiger partial charge in [0, 0.05) is 10.0 Å². The van der Waals surface area contributed by atoms with Crippen LogP contribution in [0.3, 0.4) is 0 Å². The van der Waals surface area contributed by atoms with Crippen LogP contribution in [0.25, 0.3) is 0 Å². The van der Waals surface area contributed by atoms with Gasteiger partial charge < -0.3 is 4.74 Å². The van der Waals surface area contributed by atoms with E-state index >= 15 is 0 Å². The topological polar surface area (TPSA) is 43.4 Å². The molecule has 0 fully saturated rings. The summed E-state index contributed by atoms with van der Waals surface area (Å²) in [6, 6.07) is 16.0. The zero-order chi connectivity index (χ0) is 15.2. The molecule has 0 aliphatic rings. The van der Waals surface area contributed by atoms with Crippen LogP contribution in [-0.2, 0) is 9.53 Å². The van der Waals surface area contributed by atoms with Crippen LogP contribution in [0.2, 0.25) is 0 Å². The van der Waals surface area contributed by atoms with Crippen LogP contribution in [0.4, 0.5) is 0 Å². The minimum Gasteiger partial charge on any atom is -0.465 e. The number of Topliss-reactive ketones (excluding diaryl/α,β-unsaturated/α-hetero) is 1. The first-order valence-corrected chi connectivity index (χ1v) is 7.44. The smallest absolute Gasteiger partial charge is 0.321 e. The lowest BCUT2D eigenvalue weighted by atomic mass is 9.90. The molecule has 2 rings (SSSR count). The highest BCUT2D eigenvalue weighted by Crippen LogP contribution is 2.29. The number of carbonyl (C=O) groups excluding carboxylic acids is 2. The van der Waals surface area contributed by atoms with Crippen molar-refractivity contribution in [3.05, 3.63) is 70.2 Å². The molecule has 0 aromatic heterocycles. The Balaban J connectivity index is 2.45. The molecule has 21 heavy (non-hydrogen) atoms. The van der Waals surface area contributed by atoms with Crippen molar-refractivity contribution < 1.29 is 14.3 Å². The number of ether oxygens (including phenoxy) is 1. The summed E-state index contributed by atoms with van der Waals surface area (Å²) in [5.41, 5.74) is 1.11. The fourth-order valence-corrected chi connectivity index (χ4v) is 2.59. The third kappa shape index (κ3) is 3.58. The number of carbonyl (C=O) groups is 2. The Labute approximate surface area is 132 Å². The van der Waals surface area contributed by atoms with Gasteiger partial charge in [-0.3, -0.25) is 9.59 Å². The minimum absolute atomic E-state index is 0.238. The maximum Gasteiger partial charge on any atom is 0.321 e. The maximum atomic E-state index is 12.7. The van der Waals surface area contributed by atoms with Crippen LogP contribution in [-0.4, -0.2) is 18.4 Å². The predicted octanol–water partition coefficient (Wildman–Crippen LogP) is 3.98. The summed E-state index contributed by atoms with van der Waals surface area (Å²) < 4.78 is 5.79. The maximum absolute atomic E-state index is 12.7. The van der Waals surface area contributed by atoms with Gasteiger partial charge in [0.25, 0.3) is 0 Å². The minimum atomic E-state index is -0.956. The summed E-state index contributed by atoms with van der Waals surface area (Å²) in [5, 5.41) is 0. The van der Waals surface area contributed by atoms with Crippen LogP contribution in [0.5, 0.6) is 0 Å². The second-order valence-corrected chi connectivity index (χ2v) is 5.29. The summed E-state index contributed by atoms with van der Waals surface area (Å²) in [6.07, 6.45) is 0. The third-order valence-corrected chi connectivity index (χ3v) is 3.78. The molecule has 3 nitrogen and oxygen atoms in total. The molecule has 0 spiro atoms. The van der Waals surface area contributed by atoms with E-state index in [-0.39, 0.29) is 12.4 Å². The van der Waals surface area contributed by atoms with Crippen molar-refractivity contribution in [2.75, 3.05) is 6.61 Å². The van der Waals surface area contributed by atoms with E-state index in [2.05, 4.69) is 15.9 Å². The molecule has 2 aromatic rings. The Morgan fingerprint density at radius 1 is 1.05 bits per heavy atom. The molecular weight excluding hydrogens is 332 g/mol. The monoisotopic (exact) mass is 346 g/mol. The molecule has 0 amide bonds. The molecule has 0 saturated carbocycles. The molecule has 0 bridgehead atoms. The number of ketones is 1. The third-order valence-electron chi connectivity index (χ3n) is 3.06. The van der Waals surface area contributed by atoms with Crippen LogP contribution >= 0.6 is 15.9 Å². The van der Waals surface area contributed by atoms with Crippen LogP contribution in [0.1, 0.15) is 28.8 Å². The molecule has 0 radical (unpaired) electrons. The molecule has 0 N–H and O–H groups in total. The van der Waals surface area contributed by atoms with Crippen molar-refractivity contribution >= 4 is 27.7 Å². The number of hydrogen-bond donors (Lipinski definition) is 0. The van der Waals surface area contributed by atoms with Crippen LogP contribution < -0.4 is 0 Å². The molecule has 0 saturated heterocycles. The molecule has 4 heteroatoms. The van der Waals surface area contributed by atoms with Gasteiger partial charge in [-0.05, 0) is 18.6 Å². The highest BCUT2D eigenvalue weighted by molar-refractivity contribution is 9.10. The summed E-state index contributed by atoms with van der Waals surface area (Å²) in [5.74, 6) is -1.75. The predicted molar refractivity (Wildman–Crippen MR) is 84.3 cm³/mol. The molecule has 0 aliphatic heterocycles. The van der Waals surface area contributed by atoms with Gasteiger partial charge in [-0.2, -0.15) is 0 Å². The normalized spacial score (nSPS) is 11.7. The SMILES string of the molecule is CCOC(=O)C(C(=O)c1ccccc1)c1ccccc1Br. The van der Waals surface area contributed by atoms with Crippen molar-refractivity contribution in [3.8, 4) is 0 Å². The van der Waals surface area contributed by atoms with Crippen molar-refractivity contribution in [3.63, 3.8) is 0 Å². The van der Waals surface area contributed by atoms with Gasteiger partial charge >= 0.3 is 5.97 Å². The van der Waals surface area contributed by atoms with Crippen LogP contribution in [0.15, 0.2) is 59.1 Å². The Morgan fingerprint density at radius 3 is 2.29 bits per heavy atom. The average molecular weight is 347 g/mol. The Hall–Kier alpha value is -1.94. The van der Waals surface area contributed by atoms with E-state index in [1.54, 1.807) is 49.4 Å². The van der Waals surface area contributed by atoms with Crippen molar-refractivity contribution in [2.24, 2.45) is 0 Å². The molecule has 2 aromatic carbocycles. The molecular formula is C17H15BrO3. The first-order chi connectivity index (χ1) is 10.1. The second-order valence-electron chi connectivity index (χ2n) is 4.44. The Morgan fingerprint density at radius 2 is 1.67 bits per heavy atom. The van der Waals surface area contributed by atoms with Gasteiger partial charge in [0.2, 0.25) is 0 Å². The van der Waals surface area contributed by atoms with Gasteiger partial charge in [0.05, 0.1) is 6.61 Å². The second kappa shape index (κ2) is 7.18. The number of rotatable bonds is 5.